The first-order chi connectivity index (χ1) is 6.93. The van der Waals surface area contributed by atoms with Crippen LogP contribution in [0.25, 0.3) is 0 Å². The minimum atomic E-state index is -3.01. The van der Waals surface area contributed by atoms with Crippen molar-refractivity contribution in [3.8, 4) is 0 Å². The lowest BCUT2D eigenvalue weighted by molar-refractivity contribution is -0.142. The summed E-state index contributed by atoms with van der Waals surface area (Å²) in [7, 11) is 0. The van der Waals surface area contributed by atoms with Gasteiger partial charge in [-0.15, -0.1) is 0 Å². The first-order valence-electron chi connectivity index (χ1n) is 5.28. The molecule has 0 aromatic carbocycles. The van der Waals surface area contributed by atoms with Gasteiger partial charge >= 0.3 is 0 Å². The predicted octanol–water partition coefficient (Wildman–Crippen LogP) is 2.46. The number of carbonyl (C=O) groups is 2. The minimum absolute atomic E-state index is 0.218. The Morgan fingerprint density at radius 1 is 1.40 bits per heavy atom. The normalized spacial score (nSPS) is 27.5. The number of hydrogen-bond donors (Lipinski definition) is 0. The highest BCUT2D eigenvalue weighted by Gasteiger charge is 2.38. The Balaban J connectivity index is 2.69. The predicted molar refractivity (Wildman–Crippen MR) is 51.7 cm³/mol. The van der Waals surface area contributed by atoms with Gasteiger partial charge in [0.2, 0.25) is 5.78 Å². The van der Waals surface area contributed by atoms with E-state index in [9.17, 15) is 18.4 Å². The number of alkyl halides is 2. The van der Waals surface area contributed by atoms with Crippen LogP contribution in [0.4, 0.5) is 8.78 Å². The van der Waals surface area contributed by atoms with Crippen LogP contribution in [-0.2, 0) is 9.59 Å². The van der Waals surface area contributed by atoms with Crippen molar-refractivity contribution in [2.45, 2.75) is 39.5 Å². The lowest BCUT2D eigenvalue weighted by Gasteiger charge is -2.29. The van der Waals surface area contributed by atoms with Gasteiger partial charge < -0.3 is 0 Å². The van der Waals surface area contributed by atoms with Crippen LogP contribution in [0, 0.1) is 17.8 Å². The molecule has 1 aliphatic carbocycles. The van der Waals surface area contributed by atoms with E-state index in [0.717, 1.165) is 6.42 Å². The summed E-state index contributed by atoms with van der Waals surface area (Å²) in [6.07, 6.45) is -1.71. The van der Waals surface area contributed by atoms with E-state index in [-0.39, 0.29) is 18.1 Å². The maximum absolute atomic E-state index is 12.2. The number of hydrogen-bond acceptors (Lipinski definition) is 2. The molecule has 0 amide bonds. The zero-order chi connectivity index (χ0) is 11.6. The molecule has 1 aliphatic rings. The van der Waals surface area contributed by atoms with Gasteiger partial charge in [-0.2, -0.15) is 0 Å². The summed E-state index contributed by atoms with van der Waals surface area (Å²) < 4.78 is 24.4. The molecule has 0 heterocycles. The Kier molecular flexibility index (Phi) is 3.94. The molecule has 1 saturated carbocycles. The fraction of sp³-hybridized carbons (Fsp3) is 0.818. The lowest BCUT2D eigenvalue weighted by Crippen LogP contribution is -2.35. The summed E-state index contributed by atoms with van der Waals surface area (Å²) in [5, 5.41) is 0. The van der Waals surface area contributed by atoms with Crippen molar-refractivity contribution in [1.82, 2.24) is 0 Å². The maximum atomic E-state index is 12.2. The molecule has 0 aliphatic heterocycles. The fourth-order valence-electron chi connectivity index (χ4n) is 2.09. The smallest absolute Gasteiger partial charge is 0.296 e. The summed E-state index contributed by atoms with van der Waals surface area (Å²) >= 11 is 0. The van der Waals surface area contributed by atoms with Crippen molar-refractivity contribution in [3.63, 3.8) is 0 Å². The summed E-state index contributed by atoms with van der Waals surface area (Å²) in [6.45, 7) is 3.98. The third-order valence-corrected chi connectivity index (χ3v) is 3.19. The van der Waals surface area contributed by atoms with Crippen LogP contribution >= 0.6 is 0 Å². The van der Waals surface area contributed by atoms with Crippen LogP contribution in [0.3, 0.4) is 0 Å². The van der Waals surface area contributed by atoms with Gasteiger partial charge in [-0.05, 0) is 24.7 Å². The monoisotopic (exact) mass is 218 g/mol. The second-order valence-electron chi connectivity index (χ2n) is 4.50. The molecule has 1 rings (SSSR count). The van der Waals surface area contributed by atoms with E-state index >= 15 is 0 Å². The first kappa shape index (κ1) is 12.3. The highest BCUT2D eigenvalue weighted by Crippen LogP contribution is 2.32. The van der Waals surface area contributed by atoms with Crippen molar-refractivity contribution in [3.05, 3.63) is 0 Å². The maximum Gasteiger partial charge on any atom is 0.296 e. The Morgan fingerprint density at radius 3 is 2.47 bits per heavy atom. The van der Waals surface area contributed by atoms with Gasteiger partial charge in [0.05, 0.1) is 5.92 Å². The highest BCUT2D eigenvalue weighted by molar-refractivity contribution is 6.04. The quantitative estimate of drug-likeness (QED) is 0.682. The molecule has 2 atom stereocenters. The molecule has 0 saturated heterocycles. The Hall–Kier alpha value is -0.800. The Morgan fingerprint density at radius 2 is 2.00 bits per heavy atom. The standard InChI is InChI=1S/C11H16F2O2/c1-6(2)7-3-4-9(14)8(5-7)10(15)11(12)13/h6-8,11H,3-5H2,1-2H3. The van der Waals surface area contributed by atoms with Crippen LogP contribution in [0.5, 0.6) is 0 Å². The molecule has 0 bridgehead atoms. The van der Waals surface area contributed by atoms with Gasteiger partial charge in [0.1, 0.15) is 5.78 Å². The fourth-order valence-corrected chi connectivity index (χ4v) is 2.09. The molecule has 0 radical (unpaired) electrons. The molecule has 1 fully saturated rings. The number of halogens is 2. The molecule has 0 aromatic rings. The van der Waals surface area contributed by atoms with Crippen molar-refractivity contribution in [2.75, 3.05) is 0 Å². The van der Waals surface area contributed by atoms with Gasteiger partial charge in [-0.3, -0.25) is 9.59 Å². The molecule has 0 N–H and O–H groups in total. The molecular formula is C11H16F2O2. The average molecular weight is 218 g/mol. The molecule has 4 heteroatoms. The van der Waals surface area contributed by atoms with E-state index in [1.807, 2.05) is 13.8 Å². The van der Waals surface area contributed by atoms with Crippen LogP contribution in [0.1, 0.15) is 33.1 Å². The van der Waals surface area contributed by atoms with Crippen molar-refractivity contribution in [1.29, 1.82) is 0 Å². The van der Waals surface area contributed by atoms with E-state index in [4.69, 9.17) is 0 Å². The van der Waals surface area contributed by atoms with Crippen LogP contribution < -0.4 is 0 Å². The van der Waals surface area contributed by atoms with Crippen molar-refractivity contribution >= 4 is 11.6 Å². The second-order valence-corrected chi connectivity index (χ2v) is 4.50. The van der Waals surface area contributed by atoms with Crippen LogP contribution in [-0.4, -0.2) is 18.0 Å². The summed E-state index contributed by atoms with van der Waals surface area (Å²) in [5.74, 6) is -1.99. The van der Waals surface area contributed by atoms with Gasteiger partial charge in [0.25, 0.3) is 6.43 Å². The molecule has 2 unspecified atom stereocenters. The number of Topliss-reactive ketones (excluding diaryl/α,β-unsaturated/α-hetero) is 2. The van der Waals surface area contributed by atoms with Gasteiger partial charge in [0, 0.05) is 6.42 Å². The van der Waals surface area contributed by atoms with E-state index < -0.39 is 18.1 Å². The first-order valence-corrected chi connectivity index (χ1v) is 5.28. The van der Waals surface area contributed by atoms with Crippen LogP contribution in [0.2, 0.25) is 0 Å². The van der Waals surface area contributed by atoms with E-state index in [2.05, 4.69) is 0 Å². The largest absolute Gasteiger partial charge is 0.299 e. The molecule has 0 aromatic heterocycles. The number of rotatable bonds is 3. The molecule has 86 valence electrons. The zero-order valence-corrected chi connectivity index (χ0v) is 9.00. The highest BCUT2D eigenvalue weighted by atomic mass is 19.3. The summed E-state index contributed by atoms with van der Waals surface area (Å²) in [4.78, 5) is 22.5. The van der Waals surface area contributed by atoms with Gasteiger partial charge in [-0.1, -0.05) is 13.8 Å². The third-order valence-electron chi connectivity index (χ3n) is 3.19. The molecular weight excluding hydrogens is 202 g/mol. The zero-order valence-electron chi connectivity index (χ0n) is 9.00. The van der Waals surface area contributed by atoms with E-state index in [0.29, 0.717) is 12.3 Å². The number of ketones is 2. The summed E-state index contributed by atoms with van der Waals surface area (Å²) in [6, 6.07) is 0. The minimum Gasteiger partial charge on any atom is -0.299 e. The van der Waals surface area contributed by atoms with Gasteiger partial charge in [-0.25, -0.2) is 8.78 Å². The second kappa shape index (κ2) is 4.81. The van der Waals surface area contributed by atoms with Crippen molar-refractivity contribution < 1.29 is 18.4 Å². The van der Waals surface area contributed by atoms with E-state index in [1.54, 1.807) is 0 Å². The SMILES string of the molecule is CC(C)C1CCC(=O)C(C(=O)C(F)F)C1. The number of carbonyl (C=O) groups excluding carboxylic acids is 2. The Labute approximate surface area is 88.0 Å². The van der Waals surface area contributed by atoms with Gasteiger partial charge in [0.15, 0.2) is 0 Å². The van der Waals surface area contributed by atoms with Crippen molar-refractivity contribution in [2.24, 2.45) is 17.8 Å². The topological polar surface area (TPSA) is 34.1 Å². The molecule has 15 heavy (non-hydrogen) atoms. The average Bonchev–Trinajstić information content (AvgIpc) is 2.16. The Bertz CT molecular complexity index is 261. The molecule has 0 spiro atoms. The van der Waals surface area contributed by atoms with E-state index in [1.165, 1.54) is 0 Å². The molecule has 2 nitrogen and oxygen atoms in total. The third kappa shape index (κ3) is 2.83. The van der Waals surface area contributed by atoms with Crippen LogP contribution in [0.15, 0.2) is 0 Å². The summed E-state index contributed by atoms with van der Waals surface area (Å²) in [5.41, 5.74) is 0. The lowest BCUT2D eigenvalue weighted by atomic mass is 9.74.